The molecule has 146 valence electrons. The lowest BCUT2D eigenvalue weighted by Gasteiger charge is -2.31. The molecule has 1 N–H and O–H groups in total. The summed E-state index contributed by atoms with van der Waals surface area (Å²) in [6.45, 7) is 9.49. The first kappa shape index (κ1) is 20.8. The van der Waals surface area contributed by atoms with Gasteiger partial charge in [-0.1, -0.05) is 39.0 Å². The van der Waals surface area contributed by atoms with Crippen molar-refractivity contribution in [2.75, 3.05) is 18.5 Å². The first-order chi connectivity index (χ1) is 12.5. The fourth-order valence-electron chi connectivity index (χ4n) is 3.83. The Hall–Kier alpha value is -1.55. The molecule has 0 aliphatic heterocycles. The van der Waals surface area contributed by atoms with Crippen LogP contribution >= 0.6 is 0 Å². The van der Waals surface area contributed by atoms with Gasteiger partial charge >= 0.3 is 0 Å². The van der Waals surface area contributed by atoms with Gasteiger partial charge in [-0.05, 0) is 63.3 Å². The summed E-state index contributed by atoms with van der Waals surface area (Å²) in [6, 6.07) is 4.01. The second kappa shape index (κ2) is 9.96. The van der Waals surface area contributed by atoms with Crippen LogP contribution in [0.2, 0.25) is 0 Å². The van der Waals surface area contributed by atoms with E-state index in [1.807, 2.05) is 32.9 Å². The largest absolute Gasteiger partial charge is 0.493 e. The number of nitrogens with one attached hydrogen (secondary N) is 1. The number of hydrogen-bond acceptors (Lipinski definition) is 3. The zero-order valence-corrected chi connectivity index (χ0v) is 17.0. The third-order valence-corrected chi connectivity index (χ3v) is 5.21. The summed E-state index contributed by atoms with van der Waals surface area (Å²) in [4.78, 5) is 13.1. The van der Waals surface area contributed by atoms with E-state index < -0.39 is 5.60 Å². The minimum Gasteiger partial charge on any atom is -0.493 e. The van der Waals surface area contributed by atoms with Crippen LogP contribution in [0.3, 0.4) is 0 Å². The van der Waals surface area contributed by atoms with Gasteiger partial charge in [-0.15, -0.1) is 0 Å². The Morgan fingerprint density at radius 1 is 1.08 bits per heavy atom. The van der Waals surface area contributed by atoms with Crippen LogP contribution in [0.4, 0.5) is 5.69 Å². The van der Waals surface area contributed by atoms with Gasteiger partial charge in [-0.3, -0.25) is 4.79 Å². The van der Waals surface area contributed by atoms with Crippen molar-refractivity contribution in [3.8, 4) is 5.75 Å². The molecule has 4 nitrogen and oxygen atoms in total. The summed E-state index contributed by atoms with van der Waals surface area (Å²) >= 11 is 0. The third-order valence-electron chi connectivity index (χ3n) is 5.21. The number of aryl methyl sites for hydroxylation is 2. The molecule has 4 heteroatoms. The van der Waals surface area contributed by atoms with E-state index in [2.05, 4.69) is 12.2 Å². The van der Waals surface area contributed by atoms with Crippen LogP contribution in [0, 0.1) is 13.8 Å². The maximum atomic E-state index is 13.1. The normalized spacial score (nSPS) is 16.8. The van der Waals surface area contributed by atoms with E-state index >= 15 is 0 Å². The molecule has 0 heterocycles. The fraction of sp³-hybridized carbons (Fsp3) is 0.682. The Morgan fingerprint density at radius 2 is 1.69 bits per heavy atom. The molecule has 0 radical (unpaired) electrons. The van der Waals surface area contributed by atoms with E-state index in [4.69, 9.17) is 9.47 Å². The molecule has 1 fully saturated rings. The number of rotatable bonds is 8. The molecule has 1 saturated carbocycles. The zero-order chi connectivity index (χ0) is 19.0. The highest BCUT2D eigenvalue weighted by molar-refractivity contribution is 5.97. The second-order valence-electron chi connectivity index (χ2n) is 7.44. The van der Waals surface area contributed by atoms with Crippen LogP contribution in [-0.4, -0.2) is 24.7 Å². The van der Waals surface area contributed by atoms with Crippen LogP contribution in [0.15, 0.2) is 12.1 Å². The van der Waals surface area contributed by atoms with Gasteiger partial charge in [0.1, 0.15) is 11.4 Å². The van der Waals surface area contributed by atoms with Gasteiger partial charge in [-0.2, -0.15) is 0 Å². The summed E-state index contributed by atoms with van der Waals surface area (Å²) in [7, 11) is 0. The van der Waals surface area contributed by atoms with Crippen LogP contribution in [0.1, 0.15) is 76.3 Å². The molecule has 26 heavy (non-hydrogen) atoms. The summed E-state index contributed by atoms with van der Waals surface area (Å²) in [5.74, 6) is 0.935. The number of benzene rings is 1. The van der Waals surface area contributed by atoms with Gasteiger partial charge < -0.3 is 14.8 Å². The highest BCUT2D eigenvalue weighted by atomic mass is 16.5. The van der Waals surface area contributed by atoms with E-state index in [-0.39, 0.29) is 5.91 Å². The molecule has 1 aromatic carbocycles. The minimum atomic E-state index is -0.677. The Labute approximate surface area is 158 Å². The highest BCUT2D eigenvalue weighted by Crippen LogP contribution is 2.33. The van der Waals surface area contributed by atoms with E-state index in [9.17, 15) is 4.79 Å². The number of anilines is 1. The molecule has 0 saturated heterocycles. The van der Waals surface area contributed by atoms with Gasteiger partial charge in [0.25, 0.3) is 5.91 Å². The zero-order valence-electron chi connectivity index (χ0n) is 17.0. The molecule has 0 atom stereocenters. The van der Waals surface area contributed by atoms with Gasteiger partial charge in [0.2, 0.25) is 0 Å². The standard InChI is InChI=1S/C22H35NO3/c1-5-7-14-25-20-17(3)15-19(16-18(20)4)23-21(24)22(26-6-2)12-10-8-9-11-13-22/h15-16H,5-14H2,1-4H3,(H,23,24). The quantitative estimate of drug-likeness (QED) is 0.488. The number of carbonyl (C=O) groups is 1. The molecule has 2 rings (SSSR count). The number of ether oxygens (including phenoxy) is 2. The predicted octanol–water partition coefficient (Wildman–Crippen LogP) is 5.55. The molecule has 0 spiro atoms. The first-order valence-electron chi connectivity index (χ1n) is 10.2. The summed E-state index contributed by atoms with van der Waals surface area (Å²) in [6.07, 6.45) is 8.26. The number of amides is 1. The SMILES string of the molecule is CCCCOc1c(C)cc(NC(=O)C2(OCC)CCCCCC2)cc1C. The lowest BCUT2D eigenvalue weighted by molar-refractivity contribution is -0.143. The van der Waals surface area contributed by atoms with Crippen molar-refractivity contribution in [2.45, 2.75) is 84.7 Å². The molecule has 1 aliphatic rings. The Bertz CT molecular complexity index is 566. The average molecular weight is 362 g/mol. The Morgan fingerprint density at radius 3 is 2.23 bits per heavy atom. The smallest absolute Gasteiger partial charge is 0.256 e. The third kappa shape index (κ3) is 5.23. The second-order valence-corrected chi connectivity index (χ2v) is 7.44. The first-order valence-corrected chi connectivity index (χ1v) is 10.2. The van der Waals surface area contributed by atoms with Crippen molar-refractivity contribution in [3.63, 3.8) is 0 Å². The van der Waals surface area contributed by atoms with Crippen molar-refractivity contribution in [2.24, 2.45) is 0 Å². The van der Waals surface area contributed by atoms with Gasteiger partial charge in [-0.25, -0.2) is 0 Å². The van der Waals surface area contributed by atoms with Crippen molar-refractivity contribution < 1.29 is 14.3 Å². The summed E-state index contributed by atoms with van der Waals surface area (Å²) < 4.78 is 11.9. The molecule has 1 aliphatic carbocycles. The molecule has 1 aromatic rings. The molecule has 1 amide bonds. The van der Waals surface area contributed by atoms with E-state index in [1.54, 1.807) is 0 Å². The monoisotopic (exact) mass is 361 g/mol. The Kier molecular flexibility index (Phi) is 7.95. The van der Waals surface area contributed by atoms with Crippen molar-refractivity contribution in [1.82, 2.24) is 0 Å². The molecule has 0 bridgehead atoms. The number of unbranched alkanes of at least 4 members (excludes halogenated alkanes) is 1. The Balaban J connectivity index is 2.14. The van der Waals surface area contributed by atoms with Crippen molar-refractivity contribution >= 4 is 11.6 Å². The maximum Gasteiger partial charge on any atom is 0.256 e. The van der Waals surface area contributed by atoms with Crippen LogP contribution in [-0.2, 0) is 9.53 Å². The van der Waals surface area contributed by atoms with Gasteiger partial charge in [0, 0.05) is 12.3 Å². The molecule has 0 unspecified atom stereocenters. The molecule has 0 aromatic heterocycles. The maximum absolute atomic E-state index is 13.1. The lowest BCUT2D eigenvalue weighted by Crippen LogP contribution is -2.45. The van der Waals surface area contributed by atoms with Crippen LogP contribution in [0.25, 0.3) is 0 Å². The average Bonchev–Trinajstić information content (AvgIpc) is 2.84. The summed E-state index contributed by atoms with van der Waals surface area (Å²) in [5.41, 5.74) is 2.27. The summed E-state index contributed by atoms with van der Waals surface area (Å²) in [5, 5.41) is 3.12. The lowest BCUT2D eigenvalue weighted by atomic mass is 9.92. The predicted molar refractivity (Wildman–Crippen MR) is 107 cm³/mol. The van der Waals surface area contributed by atoms with E-state index in [0.29, 0.717) is 6.61 Å². The minimum absolute atomic E-state index is 0.000277. The molecular weight excluding hydrogens is 326 g/mol. The van der Waals surface area contributed by atoms with Crippen molar-refractivity contribution in [1.29, 1.82) is 0 Å². The number of hydrogen-bond donors (Lipinski definition) is 1. The van der Waals surface area contributed by atoms with Crippen LogP contribution < -0.4 is 10.1 Å². The van der Waals surface area contributed by atoms with Crippen LogP contribution in [0.5, 0.6) is 5.75 Å². The topological polar surface area (TPSA) is 47.6 Å². The van der Waals surface area contributed by atoms with Gasteiger partial charge in [0.15, 0.2) is 0 Å². The fourth-order valence-corrected chi connectivity index (χ4v) is 3.83. The molecular formula is C22H35NO3. The van der Waals surface area contributed by atoms with Gasteiger partial charge in [0.05, 0.1) is 6.61 Å². The number of carbonyl (C=O) groups excluding carboxylic acids is 1. The van der Waals surface area contributed by atoms with E-state index in [0.717, 1.165) is 67.7 Å². The van der Waals surface area contributed by atoms with Crippen molar-refractivity contribution in [3.05, 3.63) is 23.3 Å². The highest BCUT2D eigenvalue weighted by Gasteiger charge is 2.39. The van der Waals surface area contributed by atoms with E-state index in [1.165, 1.54) is 12.8 Å².